The third-order valence-corrected chi connectivity index (χ3v) is 2.52. The number of amides is 2. The van der Waals surface area contributed by atoms with Crippen LogP contribution in [0.1, 0.15) is 11.1 Å². The van der Waals surface area contributed by atoms with E-state index in [1.54, 1.807) is 0 Å². The van der Waals surface area contributed by atoms with E-state index in [9.17, 15) is 9.59 Å². The Labute approximate surface area is 118 Å². The van der Waals surface area contributed by atoms with Gasteiger partial charge in [0.15, 0.2) is 0 Å². The standard InChI is InChI=1S/C14H21N3O3/c1-10-5-11(2)7-12(6-10)20-4-3-16-14(19)9-17-13(18)8-15/h5-7H,3-4,8-9,15H2,1-2H3,(H,16,19)(H,17,18). The first kappa shape index (κ1) is 16.0. The van der Waals surface area contributed by atoms with Crippen molar-refractivity contribution in [3.8, 4) is 5.75 Å². The predicted octanol–water partition coefficient (Wildman–Crippen LogP) is -0.127. The summed E-state index contributed by atoms with van der Waals surface area (Å²) >= 11 is 0. The van der Waals surface area contributed by atoms with Gasteiger partial charge in [-0.3, -0.25) is 9.59 Å². The molecule has 0 saturated carbocycles. The van der Waals surface area contributed by atoms with Crippen LogP contribution in [0.5, 0.6) is 5.75 Å². The van der Waals surface area contributed by atoms with Gasteiger partial charge in [-0.2, -0.15) is 0 Å². The number of aryl methyl sites for hydroxylation is 2. The predicted molar refractivity (Wildman–Crippen MR) is 76.5 cm³/mol. The molecule has 20 heavy (non-hydrogen) atoms. The summed E-state index contributed by atoms with van der Waals surface area (Å²) in [5.41, 5.74) is 7.37. The fourth-order valence-corrected chi connectivity index (χ4v) is 1.69. The van der Waals surface area contributed by atoms with Crippen LogP contribution in [0.4, 0.5) is 0 Å². The third-order valence-electron chi connectivity index (χ3n) is 2.52. The molecule has 0 heterocycles. The Morgan fingerprint density at radius 2 is 1.75 bits per heavy atom. The zero-order valence-corrected chi connectivity index (χ0v) is 11.9. The van der Waals surface area contributed by atoms with Crippen LogP contribution in [-0.4, -0.2) is 38.1 Å². The van der Waals surface area contributed by atoms with Crippen LogP contribution in [0.3, 0.4) is 0 Å². The van der Waals surface area contributed by atoms with Gasteiger partial charge in [-0.1, -0.05) is 6.07 Å². The van der Waals surface area contributed by atoms with Crippen molar-refractivity contribution in [1.29, 1.82) is 0 Å². The summed E-state index contributed by atoms with van der Waals surface area (Å²) in [4.78, 5) is 22.2. The lowest BCUT2D eigenvalue weighted by molar-refractivity contribution is -0.125. The van der Waals surface area contributed by atoms with E-state index in [1.807, 2.05) is 26.0 Å². The van der Waals surface area contributed by atoms with Crippen molar-refractivity contribution in [1.82, 2.24) is 10.6 Å². The van der Waals surface area contributed by atoms with Gasteiger partial charge in [0.25, 0.3) is 0 Å². The van der Waals surface area contributed by atoms with Crippen molar-refractivity contribution in [3.05, 3.63) is 29.3 Å². The zero-order chi connectivity index (χ0) is 15.0. The average Bonchev–Trinajstić information content (AvgIpc) is 2.40. The van der Waals surface area contributed by atoms with Crippen molar-refractivity contribution in [2.45, 2.75) is 13.8 Å². The summed E-state index contributed by atoms with van der Waals surface area (Å²) in [6, 6.07) is 5.95. The lowest BCUT2D eigenvalue weighted by Gasteiger charge is -2.09. The summed E-state index contributed by atoms with van der Waals surface area (Å²) < 4.78 is 5.54. The fraction of sp³-hybridized carbons (Fsp3) is 0.429. The van der Waals surface area contributed by atoms with Gasteiger partial charge in [0.1, 0.15) is 12.4 Å². The van der Waals surface area contributed by atoms with Gasteiger partial charge < -0.3 is 21.1 Å². The van der Waals surface area contributed by atoms with E-state index in [2.05, 4.69) is 16.7 Å². The Morgan fingerprint density at radius 1 is 1.10 bits per heavy atom. The number of hydrogen-bond donors (Lipinski definition) is 3. The Balaban J connectivity index is 2.21. The largest absolute Gasteiger partial charge is 0.492 e. The molecule has 110 valence electrons. The highest BCUT2D eigenvalue weighted by molar-refractivity contribution is 5.85. The lowest BCUT2D eigenvalue weighted by atomic mass is 10.1. The monoisotopic (exact) mass is 279 g/mol. The SMILES string of the molecule is Cc1cc(C)cc(OCCNC(=O)CNC(=O)CN)c1. The minimum absolute atomic E-state index is 0.0699. The summed E-state index contributed by atoms with van der Waals surface area (Å²) in [6.07, 6.45) is 0. The Morgan fingerprint density at radius 3 is 2.35 bits per heavy atom. The highest BCUT2D eigenvalue weighted by atomic mass is 16.5. The molecule has 0 radical (unpaired) electrons. The van der Waals surface area contributed by atoms with Gasteiger partial charge in [0, 0.05) is 0 Å². The fourth-order valence-electron chi connectivity index (χ4n) is 1.69. The molecule has 0 fully saturated rings. The Hall–Kier alpha value is -2.08. The second-order valence-corrected chi connectivity index (χ2v) is 4.50. The van der Waals surface area contributed by atoms with E-state index >= 15 is 0 Å². The van der Waals surface area contributed by atoms with Crippen LogP contribution >= 0.6 is 0 Å². The molecule has 1 aromatic rings. The van der Waals surface area contributed by atoms with Crippen molar-refractivity contribution < 1.29 is 14.3 Å². The number of nitrogens with one attached hydrogen (secondary N) is 2. The molecule has 0 spiro atoms. The van der Waals surface area contributed by atoms with Crippen LogP contribution < -0.4 is 21.1 Å². The molecule has 0 aliphatic rings. The molecular weight excluding hydrogens is 258 g/mol. The minimum atomic E-state index is -0.355. The van der Waals surface area contributed by atoms with E-state index in [0.717, 1.165) is 16.9 Å². The van der Waals surface area contributed by atoms with Gasteiger partial charge in [-0.25, -0.2) is 0 Å². The molecular formula is C14H21N3O3. The van der Waals surface area contributed by atoms with Crippen molar-refractivity contribution in [2.24, 2.45) is 5.73 Å². The van der Waals surface area contributed by atoms with Crippen LogP contribution in [0, 0.1) is 13.8 Å². The third kappa shape index (κ3) is 6.19. The maximum absolute atomic E-state index is 11.4. The zero-order valence-electron chi connectivity index (χ0n) is 11.9. The Bertz CT molecular complexity index is 454. The van der Waals surface area contributed by atoms with Crippen molar-refractivity contribution in [3.63, 3.8) is 0 Å². The number of carbonyl (C=O) groups is 2. The first-order valence-corrected chi connectivity index (χ1v) is 6.46. The average molecular weight is 279 g/mol. The normalized spacial score (nSPS) is 9.95. The summed E-state index contributed by atoms with van der Waals surface area (Å²) in [6.45, 7) is 4.57. The van der Waals surface area contributed by atoms with E-state index in [-0.39, 0.29) is 24.9 Å². The maximum Gasteiger partial charge on any atom is 0.239 e. The summed E-state index contributed by atoms with van der Waals surface area (Å²) in [5, 5.41) is 5.03. The van der Waals surface area contributed by atoms with E-state index in [4.69, 9.17) is 10.5 Å². The van der Waals surface area contributed by atoms with Crippen LogP contribution in [0.25, 0.3) is 0 Å². The van der Waals surface area contributed by atoms with E-state index in [0.29, 0.717) is 13.2 Å². The topological polar surface area (TPSA) is 93.5 Å². The van der Waals surface area contributed by atoms with Gasteiger partial charge in [-0.05, 0) is 37.1 Å². The smallest absolute Gasteiger partial charge is 0.239 e. The number of rotatable bonds is 7. The van der Waals surface area contributed by atoms with Crippen molar-refractivity contribution in [2.75, 3.05) is 26.2 Å². The minimum Gasteiger partial charge on any atom is -0.492 e. The number of ether oxygens (including phenoxy) is 1. The Kier molecular flexibility index (Phi) is 6.52. The number of benzene rings is 1. The molecule has 0 saturated heterocycles. The molecule has 2 amide bonds. The first-order valence-electron chi connectivity index (χ1n) is 6.46. The molecule has 0 aliphatic heterocycles. The number of carbonyl (C=O) groups excluding carboxylic acids is 2. The second-order valence-electron chi connectivity index (χ2n) is 4.50. The second kappa shape index (κ2) is 8.16. The van der Waals surface area contributed by atoms with Crippen molar-refractivity contribution >= 4 is 11.8 Å². The molecule has 1 rings (SSSR count). The van der Waals surface area contributed by atoms with Gasteiger partial charge in [-0.15, -0.1) is 0 Å². The number of nitrogens with two attached hydrogens (primary N) is 1. The molecule has 1 aromatic carbocycles. The quantitative estimate of drug-likeness (QED) is 0.606. The highest BCUT2D eigenvalue weighted by Gasteiger charge is 2.03. The van der Waals surface area contributed by atoms with Gasteiger partial charge in [0.05, 0.1) is 19.6 Å². The van der Waals surface area contributed by atoms with E-state index in [1.165, 1.54) is 0 Å². The lowest BCUT2D eigenvalue weighted by Crippen LogP contribution is -2.40. The molecule has 0 atom stereocenters. The molecule has 0 bridgehead atoms. The highest BCUT2D eigenvalue weighted by Crippen LogP contribution is 2.15. The van der Waals surface area contributed by atoms with Gasteiger partial charge in [0.2, 0.25) is 11.8 Å². The molecule has 0 aromatic heterocycles. The van der Waals surface area contributed by atoms with Crippen LogP contribution in [0.2, 0.25) is 0 Å². The first-order chi connectivity index (χ1) is 9.51. The summed E-state index contributed by atoms with van der Waals surface area (Å²) in [5.74, 6) is 0.163. The molecule has 4 N–H and O–H groups in total. The maximum atomic E-state index is 11.4. The van der Waals surface area contributed by atoms with E-state index < -0.39 is 0 Å². The summed E-state index contributed by atoms with van der Waals surface area (Å²) in [7, 11) is 0. The van der Waals surface area contributed by atoms with Gasteiger partial charge >= 0.3 is 0 Å². The van der Waals surface area contributed by atoms with Crippen LogP contribution in [0.15, 0.2) is 18.2 Å². The molecule has 0 aliphatic carbocycles. The molecule has 0 unspecified atom stereocenters. The molecule has 6 nitrogen and oxygen atoms in total. The number of hydrogen-bond acceptors (Lipinski definition) is 4. The van der Waals surface area contributed by atoms with Crippen LogP contribution in [-0.2, 0) is 9.59 Å². The molecule has 6 heteroatoms.